The molecule has 1 aliphatic rings. The van der Waals surface area contributed by atoms with Crippen LogP contribution in [0.4, 0.5) is 0 Å². The van der Waals surface area contributed by atoms with Gasteiger partial charge in [-0.05, 0) is 49.4 Å². The molecule has 0 bridgehead atoms. The zero-order valence-corrected chi connectivity index (χ0v) is 13.9. The Morgan fingerprint density at radius 3 is 2.30 bits per heavy atom. The van der Waals surface area contributed by atoms with Crippen LogP contribution >= 0.6 is 0 Å². The number of hydrogen-bond donors (Lipinski definition) is 2. The molecule has 1 aliphatic carbocycles. The van der Waals surface area contributed by atoms with Gasteiger partial charge in [-0.15, -0.1) is 0 Å². The lowest BCUT2D eigenvalue weighted by atomic mass is 9.67. The lowest BCUT2D eigenvalue weighted by Crippen LogP contribution is -2.37. The van der Waals surface area contributed by atoms with Crippen LogP contribution in [0.2, 0.25) is 0 Å². The third-order valence-corrected chi connectivity index (χ3v) is 5.28. The average molecular weight is 284 g/mol. The topological polar surface area (TPSA) is 40.5 Å². The third kappa shape index (κ3) is 5.73. The van der Waals surface area contributed by atoms with Crippen LogP contribution in [0.25, 0.3) is 0 Å². The molecule has 2 nitrogen and oxygen atoms in total. The first-order valence-corrected chi connectivity index (χ1v) is 8.89. The maximum Gasteiger partial charge on any atom is 0.0571 e. The first-order valence-electron chi connectivity index (χ1n) is 8.89. The molecule has 4 unspecified atom stereocenters. The van der Waals surface area contributed by atoms with Gasteiger partial charge in [-0.1, -0.05) is 52.9 Å². The van der Waals surface area contributed by atoms with Crippen LogP contribution in [-0.2, 0) is 0 Å². The van der Waals surface area contributed by atoms with Gasteiger partial charge in [0.2, 0.25) is 0 Å². The Bertz CT molecular complexity index is 240. The molecule has 0 aliphatic heterocycles. The van der Waals surface area contributed by atoms with E-state index in [1.165, 1.54) is 32.1 Å². The van der Waals surface area contributed by atoms with E-state index < -0.39 is 0 Å². The van der Waals surface area contributed by atoms with Gasteiger partial charge in [0, 0.05) is 6.61 Å². The number of rotatable bonds is 9. The Morgan fingerprint density at radius 2 is 1.70 bits per heavy atom. The van der Waals surface area contributed by atoms with E-state index in [1.54, 1.807) is 0 Å². The highest BCUT2D eigenvalue weighted by atomic mass is 16.3. The quantitative estimate of drug-likeness (QED) is 0.617. The minimum atomic E-state index is -0.154. The van der Waals surface area contributed by atoms with Crippen molar-refractivity contribution in [3.05, 3.63) is 0 Å². The van der Waals surface area contributed by atoms with Gasteiger partial charge in [-0.3, -0.25) is 0 Å². The minimum absolute atomic E-state index is 0.154. The van der Waals surface area contributed by atoms with E-state index in [0.29, 0.717) is 30.3 Å². The average Bonchev–Trinajstić information content (AvgIpc) is 2.46. The normalized spacial score (nSPS) is 28.8. The molecule has 2 heteroatoms. The van der Waals surface area contributed by atoms with Crippen LogP contribution in [0.15, 0.2) is 0 Å². The van der Waals surface area contributed by atoms with Crippen molar-refractivity contribution in [2.45, 2.75) is 84.7 Å². The molecule has 4 atom stereocenters. The molecule has 0 aromatic rings. The van der Waals surface area contributed by atoms with Gasteiger partial charge in [-0.25, -0.2) is 0 Å². The van der Waals surface area contributed by atoms with Gasteiger partial charge >= 0.3 is 0 Å². The Hall–Kier alpha value is -0.0800. The summed E-state index contributed by atoms with van der Waals surface area (Å²) in [6, 6.07) is 0. The molecule has 2 N–H and O–H groups in total. The van der Waals surface area contributed by atoms with Crippen LogP contribution in [0.5, 0.6) is 0 Å². The predicted molar refractivity (Wildman–Crippen MR) is 85.6 cm³/mol. The third-order valence-electron chi connectivity index (χ3n) is 5.28. The second-order valence-corrected chi connectivity index (χ2v) is 7.20. The van der Waals surface area contributed by atoms with Crippen LogP contribution in [0.3, 0.4) is 0 Å². The number of hydrogen-bond acceptors (Lipinski definition) is 2. The minimum Gasteiger partial charge on any atom is -0.396 e. The Kier molecular flexibility index (Phi) is 8.79. The first kappa shape index (κ1) is 18.0. The van der Waals surface area contributed by atoms with E-state index in [0.717, 1.165) is 25.7 Å². The number of aliphatic hydroxyl groups excluding tert-OH is 2. The maximum atomic E-state index is 10.6. The summed E-state index contributed by atoms with van der Waals surface area (Å²) in [4.78, 5) is 0. The van der Waals surface area contributed by atoms with Crippen LogP contribution in [0, 0.1) is 23.7 Å². The molecule has 0 saturated heterocycles. The zero-order chi connectivity index (χ0) is 15.0. The van der Waals surface area contributed by atoms with Crippen molar-refractivity contribution in [2.75, 3.05) is 6.61 Å². The van der Waals surface area contributed by atoms with E-state index in [-0.39, 0.29) is 6.10 Å². The van der Waals surface area contributed by atoms with Gasteiger partial charge in [0.25, 0.3) is 0 Å². The highest BCUT2D eigenvalue weighted by molar-refractivity contribution is 4.85. The van der Waals surface area contributed by atoms with Gasteiger partial charge < -0.3 is 10.2 Å². The molecular formula is C18H36O2. The van der Waals surface area contributed by atoms with Crippen molar-refractivity contribution < 1.29 is 10.2 Å². The van der Waals surface area contributed by atoms with Crippen LogP contribution in [0.1, 0.15) is 78.6 Å². The Morgan fingerprint density at radius 1 is 1.00 bits per heavy atom. The molecule has 0 spiro atoms. The summed E-state index contributed by atoms with van der Waals surface area (Å²) >= 11 is 0. The molecule has 120 valence electrons. The number of aliphatic hydroxyl groups is 2. The first-order chi connectivity index (χ1) is 9.60. The van der Waals surface area contributed by atoms with Crippen molar-refractivity contribution in [3.8, 4) is 0 Å². The molecule has 1 fully saturated rings. The fourth-order valence-corrected chi connectivity index (χ4v) is 3.93. The Balaban J connectivity index is 2.41. The monoisotopic (exact) mass is 284 g/mol. The molecule has 20 heavy (non-hydrogen) atoms. The smallest absolute Gasteiger partial charge is 0.0571 e. The second kappa shape index (κ2) is 9.78. The summed E-state index contributed by atoms with van der Waals surface area (Å²) in [5, 5.41) is 20.0. The maximum absolute atomic E-state index is 10.6. The van der Waals surface area contributed by atoms with Crippen molar-refractivity contribution in [2.24, 2.45) is 23.7 Å². The Labute approximate surface area is 126 Å². The van der Waals surface area contributed by atoms with E-state index in [2.05, 4.69) is 20.8 Å². The van der Waals surface area contributed by atoms with E-state index >= 15 is 0 Å². The predicted octanol–water partition coefficient (Wildman–Crippen LogP) is 4.39. The molecular weight excluding hydrogens is 248 g/mol. The lowest BCUT2D eigenvalue weighted by molar-refractivity contribution is -0.00250. The van der Waals surface area contributed by atoms with E-state index in [1.807, 2.05) is 0 Å². The van der Waals surface area contributed by atoms with Crippen molar-refractivity contribution in [3.63, 3.8) is 0 Å². The standard InChI is InChI=1S/C18H36O2/c1-4-5-6-7-8-9-18(20)17-12-15(13-19)10-11-16(17)14(2)3/h14-20H,4-13H2,1-3H3. The molecule has 0 aromatic heterocycles. The second-order valence-electron chi connectivity index (χ2n) is 7.20. The van der Waals surface area contributed by atoms with Gasteiger partial charge in [0.05, 0.1) is 6.10 Å². The van der Waals surface area contributed by atoms with E-state index in [4.69, 9.17) is 0 Å². The van der Waals surface area contributed by atoms with Crippen molar-refractivity contribution in [1.82, 2.24) is 0 Å². The molecule has 0 heterocycles. The molecule has 0 amide bonds. The summed E-state index contributed by atoms with van der Waals surface area (Å²) < 4.78 is 0. The van der Waals surface area contributed by atoms with Gasteiger partial charge in [-0.2, -0.15) is 0 Å². The summed E-state index contributed by atoms with van der Waals surface area (Å²) in [6.07, 6.45) is 10.5. The van der Waals surface area contributed by atoms with Crippen molar-refractivity contribution >= 4 is 0 Å². The number of unbranched alkanes of at least 4 members (excludes halogenated alkanes) is 4. The van der Waals surface area contributed by atoms with Gasteiger partial charge in [0.1, 0.15) is 0 Å². The molecule has 1 rings (SSSR count). The lowest BCUT2D eigenvalue weighted by Gasteiger charge is -2.40. The highest BCUT2D eigenvalue weighted by Crippen LogP contribution is 2.40. The fourth-order valence-electron chi connectivity index (χ4n) is 3.93. The van der Waals surface area contributed by atoms with Crippen LogP contribution < -0.4 is 0 Å². The zero-order valence-electron chi connectivity index (χ0n) is 13.9. The SMILES string of the molecule is CCCCCCCC(O)C1CC(CO)CCC1C(C)C. The summed E-state index contributed by atoms with van der Waals surface area (Å²) in [5.41, 5.74) is 0. The highest BCUT2D eigenvalue weighted by Gasteiger charge is 2.35. The fraction of sp³-hybridized carbons (Fsp3) is 1.00. The van der Waals surface area contributed by atoms with Crippen LogP contribution in [-0.4, -0.2) is 22.9 Å². The molecule has 0 radical (unpaired) electrons. The molecule has 0 aromatic carbocycles. The summed E-state index contributed by atoms with van der Waals surface area (Å²) in [6.45, 7) is 7.10. The summed E-state index contributed by atoms with van der Waals surface area (Å²) in [7, 11) is 0. The van der Waals surface area contributed by atoms with E-state index in [9.17, 15) is 10.2 Å². The van der Waals surface area contributed by atoms with Gasteiger partial charge in [0.15, 0.2) is 0 Å². The molecule has 1 saturated carbocycles. The summed E-state index contributed by atoms with van der Waals surface area (Å²) in [5.74, 6) is 2.12. The largest absolute Gasteiger partial charge is 0.396 e. The van der Waals surface area contributed by atoms with Crippen molar-refractivity contribution in [1.29, 1.82) is 0 Å².